The zero-order valence-corrected chi connectivity index (χ0v) is 18.9. The number of benzene rings is 1. The second-order valence-corrected chi connectivity index (χ2v) is 9.15. The first-order chi connectivity index (χ1) is 15.5. The third kappa shape index (κ3) is 7.48. The minimum Gasteiger partial charge on any atom is -0.426 e. The van der Waals surface area contributed by atoms with Gasteiger partial charge in [-0.25, -0.2) is 13.2 Å². The van der Waals surface area contributed by atoms with Crippen LogP contribution in [0.5, 0.6) is 5.75 Å². The SMILES string of the molecule is CCCCCOC1CCC(COC2CCC(C(=O)Oc3cc(F)c(F)c(F)c3)CC2)CC1. The van der Waals surface area contributed by atoms with Crippen LogP contribution in [0.2, 0.25) is 0 Å². The molecule has 2 fully saturated rings. The number of rotatable bonds is 10. The van der Waals surface area contributed by atoms with E-state index in [4.69, 9.17) is 14.2 Å². The number of carbonyl (C=O) groups excluding carboxylic acids is 1. The lowest BCUT2D eigenvalue weighted by Gasteiger charge is -2.31. The van der Waals surface area contributed by atoms with Crippen molar-refractivity contribution in [3.05, 3.63) is 29.6 Å². The Bertz CT molecular complexity index is 703. The van der Waals surface area contributed by atoms with E-state index >= 15 is 0 Å². The third-order valence-corrected chi connectivity index (χ3v) is 6.65. The fourth-order valence-electron chi connectivity index (χ4n) is 4.60. The molecule has 2 aliphatic rings. The zero-order valence-electron chi connectivity index (χ0n) is 18.9. The topological polar surface area (TPSA) is 44.8 Å². The molecule has 2 aliphatic carbocycles. The predicted molar refractivity (Wildman–Crippen MR) is 115 cm³/mol. The van der Waals surface area contributed by atoms with Crippen LogP contribution in [0.1, 0.15) is 77.6 Å². The van der Waals surface area contributed by atoms with Gasteiger partial charge < -0.3 is 14.2 Å². The maximum atomic E-state index is 13.3. The molecule has 0 radical (unpaired) electrons. The molecule has 7 heteroatoms. The van der Waals surface area contributed by atoms with Crippen LogP contribution in [0.4, 0.5) is 13.2 Å². The molecule has 0 amide bonds. The largest absolute Gasteiger partial charge is 0.426 e. The highest BCUT2D eigenvalue weighted by Gasteiger charge is 2.30. The molecule has 0 aliphatic heterocycles. The molecular formula is C25H35F3O4. The van der Waals surface area contributed by atoms with Gasteiger partial charge in [-0.3, -0.25) is 4.79 Å². The van der Waals surface area contributed by atoms with Gasteiger partial charge in [0, 0.05) is 25.3 Å². The van der Waals surface area contributed by atoms with Gasteiger partial charge in [-0.1, -0.05) is 19.8 Å². The first kappa shape index (κ1) is 25.0. The zero-order chi connectivity index (χ0) is 22.9. The summed E-state index contributed by atoms with van der Waals surface area (Å²) in [6.45, 7) is 3.81. The molecule has 0 saturated heterocycles. The standard InChI is InChI=1S/C25H35F3O4/c1-2-3-4-13-30-19-9-5-17(6-10-19)16-31-20-11-7-18(8-12-20)25(29)32-21-14-22(26)24(28)23(27)15-21/h14-15,17-20H,2-13,16H2,1H3. The number of esters is 1. The van der Waals surface area contributed by atoms with Gasteiger partial charge in [-0.05, 0) is 63.7 Å². The molecule has 0 aromatic heterocycles. The van der Waals surface area contributed by atoms with Crippen LogP contribution in [0.15, 0.2) is 12.1 Å². The van der Waals surface area contributed by atoms with Crippen molar-refractivity contribution in [3.8, 4) is 5.75 Å². The van der Waals surface area contributed by atoms with Crippen molar-refractivity contribution in [1.82, 2.24) is 0 Å². The molecule has 2 saturated carbocycles. The summed E-state index contributed by atoms with van der Waals surface area (Å²) in [4.78, 5) is 12.3. The summed E-state index contributed by atoms with van der Waals surface area (Å²) < 4.78 is 56.8. The summed E-state index contributed by atoms with van der Waals surface area (Å²) in [7, 11) is 0. The van der Waals surface area contributed by atoms with E-state index in [-0.39, 0.29) is 17.8 Å². The van der Waals surface area contributed by atoms with Gasteiger partial charge in [0.1, 0.15) is 5.75 Å². The molecule has 0 bridgehead atoms. The van der Waals surface area contributed by atoms with Gasteiger partial charge >= 0.3 is 5.97 Å². The minimum absolute atomic E-state index is 0.128. The molecular weight excluding hydrogens is 421 g/mol. The minimum atomic E-state index is -1.57. The first-order valence-electron chi connectivity index (χ1n) is 12.1. The van der Waals surface area contributed by atoms with Gasteiger partial charge in [-0.15, -0.1) is 0 Å². The summed E-state index contributed by atoms with van der Waals surface area (Å²) in [5.41, 5.74) is 0. The summed E-state index contributed by atoms with van der Waals surface area (Å²) in [5.74, 6) is -4.94. The molecule has 32 heavy (non-hydrogen) atoms. The number of halogens is 3. The highest BCUT2D eigenvalue weighted by atomic mass is 19.2. The van der Waals surface area contributed by atoms with Crippen molar-refractivity contribution in [2.24, 2.45) is 11.8 Å². The van der Waals surface area contributed by atoms with E-state index in [1.807, 2.05) is 0 Å². The molecule has 0 N–H and O–H groups in total. The highest BCUT2D eigenvalue weighted by molar-refractivity contribution is 5.75. The summed E-state index contributed by atoms with van der Waals surface area (Å²) >= 11 is 0. The Balaban J connectivity index is 1.31. The first-order valence-corrected chi connectivity index (χ1v) is 12.1. The van der Waals surface area contributed by atoms with Crippen molar-refractivity contribution in [3.63, 3.8) is 0 Å². The number of hydrogen-bond acceptors (Lipinski definition) is 4. The lowest BCUT2D eigenvalue weighted by molar-refractivity contribution is -0.141. The monoisotopic (exact) mass is 456 g/mol. The Hall–Kier alpha value is -1.60. The predicted octanol–water partition coefficient (Wildman–Crippen LogP) is 6.35. The van der Waals surface area contributed by atoms with E-state index in [2.05, 4.69) is 6.92 Å². The number of carbonyl (C=O) groups is 1. The molecule has 0 unspecified atom stereocenters. The molecule has 0 spiro atoms. The van der Waals surface area contributed by atoms with E-state index in [1.54, 1.807) is 0 Å². The van der Waals surface area contributed by atoms with E-state index in [0.29, 0.717) is 37.0 Å². The maximum absolute atomic E-state index is 13.3. The normalized spacial score (nSPS) is 26.1. The van der Waals surface area contributed by atoms with Crippen LogP contribution in [0.25, 0.3) is 0 Å². The van der Waals surface area contributed by atoms with Crippen LogP contribution in [0, 0.1) is 29.3 Å². The van der Waals surface area contributed by atoms with Crippen LogP contribution in [0.3, 0.4) is 0 Å². The number of unbranched alkanes of at least 4 members (excludes halogenated alkanes) is 2. The van der Waals surface area contributed by atoms with Crippen molar-refractivity contribution in [2.45, 2.75) is 89.8 Å². The molecule has 1 aromatic carbocycles. The van der Waals surface area contributed by atoms with Gasteiger partial charge in [0.25, 0.3) is 0 Å². The van der Waals surface area contributed by atoms with Gasteiger partial charge in [0.2, 0.25) is 0 Å². The van der Waals surface area contributed by atoms with E-state index < -0.39 is 23.4 Å². The quantitative estimate of drug-likeness (QED) is 0.178. The van der Waals surface area contributed by atoms with Crippen LogP contribution < -0.4 is 4.74 Å². The Morgan fingerprint density at radius 3 is 2.09 bits per heavy atom. The molecule has 0 heterocycles. The van der Waals surface area contributed by atoms with Crippen LogP contribution in [-0.2, 0) is 14.3 Å². The molecule has 1 aromatic rings. The van der Waals surface area contributed by atoms with Crippen molar-refractivity contribution in [1.29, 1.82) is 0 Å². The third-order valence-electron chi connectivity index (χ3n) is 6.65. The average molecular weight is 457 g/mol. The van der Waals surface area contributed by atoms with Crippen LogP contribution >= 0.6 is 0 Å². The maximum Gasteiger partial charge on any atom is 0.314 e. The smallest absolute Gasteiger partial charge is 0.314 e. The summed E-state index contributed by atoms with van der Waals surface area (Å²) in [6.07, 6.45) is 11.3. The molecule has 0 atom stereocenters. The van der Waals surface area contributed by atoms with Crippen molar-refractivity contribution in [2.75, 3.05) is 13.2 Å². The summed E-state index contributed by atoms with van der Waals surface area (Å²) in [5, 5.41) is 0. The Morgan fingerprint density at radius 1 is 0.875 bits per heavy atom. The summed E-state index contributed by atoms with van der Waals surface area (Å²) in [6, 6.07) is 1.38. The fraction of sp³-hybridized carbons (Fsp3) is 0.720. The fourth-order valence-corrected chi connectivity index (χ4v) is 4.60. The van der Waals surface area contributed by atoms with E-state index in [1.165, 1.54) is 12.8 Å². The lowest BCUT2D eigenvalue weighted by Crippen LogP contribution is -2.31. The van der Waals surface area contributed by atoms with Gasteiger partial charge in [0.05, 0.1) is 18.1 Å². The number of hydrogen-bond donors (Lipinski definition) is 0. The van der Waals surface area contributed by atoms with E-state index in [9.17, 15) is 18.0 Å². The van der Waals surface area contributed by atoms with Crippen molar-refractivity contribution >= 4 is 5.97 Å². The molecule has 180 valence electrons. The number of ether oxygens (including phenoxy) is 3. The van der Waals surface area contributed by atoms with Gasteiger partial charge in [0.15, 0.2) is 17.5 Å². The average Bonchev–Trinajstić information content (AvgIpc) is 2.80. The Morgan fingerprint density at radius 2 is 1.47 bits per heavy atom. The molecule has 3 rings (SSSR count). The molecule has 4 nitrogen and oxygen atoms in total. The van der Waals surface area contributed by atoms with Crippen LogP contribution in [-0.4, -0.2) is 31.4 Å². The lowest BCUT2D eigenvalue weighted by atomic mass is 9.86. The second kappa shape index (κ2) is 12.6. The van der Waals surface area contributed by atoms with Crippen molar-refractivity contribution < 1.29 is 32.2 Å². The van der Waals surface area contributed by atoms with Gasteiger partial charge in [-0.2, -0.15) is 0 Å². The highest BCUT2D eigenvalue weighted by Crippen LogP contribution is 2.31. The van der Waals surface area contributed by atoms with E-state index in [0.717, 1.165) is 58.2 Å². The second-order valence-electron chi connectivity index (χ2n) is 9.15. The Kier molecular flexibility index (Phi) is 9.85. The Labute approximate surface area is 188 Å².